The summed E-state index contributed by atoms with van der Waals surface area (Å²) in [7, 11) is 0. The van der Waals surface area contributed by atoms with Crippen LogP contribution in [0.25, 0.3) is 0 Å². The molecule has 4 nitrogen and oxygen atoms in total. The van der Waals surface area contributed by atoms with Gasteiger partial charge in [0.1, 0.15) is 0 Å². The fraction of sp³-hybridized carbons (Fsp3) is 0. The minimum Gasteiger partial charge on any atom is -0.368 e. The van der Waals surface area contributed by atoms with E-state index in [1.165, 1.54) is 0 Å². The molecule has 0 aliphatic heterocycles. The van der Waals surface area contributed by atoms with Crippen LogP contribution in [0, 0.1) is 12.2 Å². The summed E-state index contributed by atoms with van der Waals surface area (Å²) in [6.45, 7) is 0. The van der Waals surface area contributed by atoms with E-state index in [2.05, 4.69) is 15.0 Å². The Hall–Kier alpha value is -1.33. The Morgan fingerprint density at radius 2 is 1.44 bits per heavy atom. The van der Waals surface area contributed by atoms with Crippen molar-refractivity contribution in [3.63, 3.8) is 0 Å². The molecule has 0 spiro atoms. The van der Waals surface area contributed by atoms with E-state index in [-0.39, 0.29) is 0 Å². The van der Waals surface area contributed by atoms with Crippen molar-refractivity contribution in [1.29, 1.82) is 0 Å². The lowest BCUT2D eigenvalue weighted by Crippen LogP contribution is -2.02. The fourth-order valence-corrected chi connectivity index (χ4v) is 0.340. The highest BCUT2D eigenvalue weighted by atomic mass is 19.1. The standard InChI is InChI=1S/C3H2F2N4/c4-1-7-2(5)9-3(6)8-1/h(H2,6,7,8,9). The van der Waals surface area contributed by atoms with E-state index in [0.717, 1.165) is 0 Å². The number of halogens is 2. The highest BCUT2D eigenvalue weighted by molar-refractivity contribution is 5.09. The van der Waals surface area contributed by atoms with Crippen LogP contribution >= 0.6 is 0 Å². The van der Waals surface area contributed by atoms with Crippen molar-refractivity contribution in [2.24, 2.45) is 0 Å². The number of nitrogen functional groups attached to an aromatic ring is 1. The van der Waals surface area contributed by atoms with Gasteiger partial charge in [0.2, 0.25) is 5.95 Å². The number of aromatic nitrogens is 3. The maximum atomic E-state index is 11.8. The van der Waals surface area contributed by atoms with E-state index < -0.39 is 18.1 Å². The summed E-state index contributed by atoms with van der Waals surface area (Å²) in [5.41, 5.74) is 4.82. The quantitative estimate of drug-likeness (QED) is 0.527. The molecule has 2 N–H and O–H groups in total. The fourth-order valence-electron chi connectivity index (χ4n) is 0.340. The lowest BCUT2D eigenvalue weighted by Gasteiger charge is -1.88. The molecule has 0 unspecified atom stereocenters. The van der Waals surface area contributed by atoms with Gasteiger partial charge >= 0.3 is 12.2 Å². The topological polar surface area (TPSA) is 64.7 Å². The van der Waals surface area contributed by atoms with Gasteiger partial charge in [0.25, 0.3) is 0 Å². The zero-order chi connectivity index (χ0) is 6.85. The van der Waals surface area contributed by atoms with Crippen molar-refractivity contribution in [2.45, 2.75) is 0 Å². The number of hydrogen-bond acceptors (Lipinski definition) is 4. The van der Waals surface area contributed by atoms with E-state index in [4.69, 9.17) is 5.73 Å². The normalized spacial score (nSPS) is 9.56. The number of hydrogen-bond donors (Lipinski definition) is 1. The van der Waals surface area contributed by atoms with E-state index in [1.807, 2.05) is 0 Å². The molecule has 9 heavy (non-hydrogen) atoms. The van der Waals surface area contributed by atoms with Crippen LogP contribution in [-0.2, 0) is 0 Å². The third-order valence-corrected chi connectivity index (χ3v) is 0.598. The van der Waals surface area contributed by atoms with Gasteiger partial charge in [-0.15, -0.1) is 0 Å². The molecule has 1 rings (SSSR count). The Balaban J connectivity index is 3.17. The second-order valence-electron chi connectivity index (χ2n) is 1.23. The molecule has 0 fully saturated rings. The van der Waals surface area contributed by atoms with Crippen molar-refractivity contribution in [1.82, 2.24) is 15.0 Å². The molecule has 0 aliphatic rings. The minimum absolute atomic E-state index is 0.458. The van der Waals surface area contributed by atoms with Crippen LogP contribution in [0.2, 0.25) is 0 Å². The van der Waals surface area contributed by atoms with E-state index >= 15 is 0 Å². The summed E-state index contributed by atoms with van der Waals surface area (Å²) >= 11 is 0. The molecule has 0 bridgehead atoms. The van der Waals surface area contributed by atoms with Gasteiger partial charge in [0.05, 0.1) is 0 Å². The summed E-state index contributed by atoms with van der Waals surface area (Å²) in [5.74, 6) is -0.458. The summed E-state index contributed by atoms with van der Waals surface area (Å²) in [6.07, 6.45) is -2.42. The lowest BCUT2D eigenvalue weighted by atomic mass is 10.9. The van der Waals surface area contributed by atoms with Crippen LogP contribution in [0.1, 0.15) is 0 Å². The summed E-state index contributed by atoms with van der Waals surface area (Å²) < 4.78 is 23.7. The number of anilines is 1. The van der Waals surface area contributed by atoms with Crippen LogP contribution in [-0.4, -0.2) is 15.0 Å². The van der Waals surface area contributed by atoms with Gasteiger partial charge < -0.3 is 5.73 Å². The van der Waals surface area contributed by atoms with Crippen LogP contribution in [0.5, 0.6) is 0 Å². The average Bonchev–Trinajstić information content (AvgIpc) is 1.59. The molecule has 6 heteroatoms. The molecular weight excluding hydrogens is 130 g/mol. The highest BCUT2D eigenvalue weighted by Crippen LogP contribution is 1.92. The first-order valence-corrected chi connectivity index (χ1v) is 2.01. The zero-order valence-electron chi connectivity index (χ0n) is 4.17. The first kappa shape index (κ1) is 5.80. The minimum atomic E-state index is -1.21. The summed E-state index contributed by atoms with van der Waals surface area (Å²) in [4.78, 5) is 8.37. The Bertz CT molecular complexity index is 175. The zero-order valence-corrected chi connectivity index (χ0v) is 4.17. The van der Waals surface area contributed by atoms with Crippen molar-refractivity contribution in [3.8, 4) is 0 Å². The Labute approximate surface area is 48.8 Å². The Morgan fingerprint density at radius 1 is 1.00 bits per heavy atom. The van der Waals surface area contributed by atoms with E-state index in [0.29, 0.717) is 0 Å². The number of nitrogens with two attached hydrogens (primary N) is 1. The van der Waals surface area contributed by atoms with Gasteiger partial charge in [-0.05, 0) is 0 Å². The maximum Gasteiger partial charge on any atom is 0.315 e. The van der Waals surface area contributed by atoms with Gasteiger partial charge in [-0.1, -0.05) is 0 Å². The molecular formula is C3H2F2N4. The SMILES string of the molecule is Nc1nc(F)nc(F)n1. The monoisotopic (exact) mass is 132 g/mol. The molecule has 0 saturated carbocycles. The molecule has 0 aromatic carbocycles. The predicted molar refractivity (Wildman–Crippen MR) is 24.2 cm³/mol. The summed E-state index contributed by atoms with van der Waals surface area (Å²) in [6, 6.07) is 0. The van der Waals surface area contributed by atoms with Crippen LogP contribution in [0.3, 0.4) is 0 Å². The lowest BCUT2D eigenvalue weighted by molar-refractivity contribution is 0.458. The molecule has 0 amide bonds. The third kappa shape index (κ3) is 1.28. The molecule has 0 aliphatic carbocycles. The van der Waals surface area contributed by atoms with Crippen molar-refractivity contribution < 1.29 is 8.78 Å². The Morgan fingerprint density at radius 3 is 1.78 bits per heavy atom. The molecule has 0 saturated heterocycles. The average molecular weight is 132 g/mol. The molecule has 0 radical (unpaired) electrons. The molecule has 48 valence electrons. The molecule has 1 aromatic rings. The van der Waals surface area contributed by atoms with Gasteiger partial charge in [-0.25, -0.2) is 0 Å². The van der Waals surface area contributed by atoms with E-state index in [9.17, 15) is 8.78 Å². The third-order valence-electron chi connectivity index (χ3n) is 0.598. The summed E-state index contributed by atoms with van der Waals surface area (Å²) in [5, 5.41) is 0. The maximum absolute atomic E-state index is 11.8. The molecule has 1 heterocycles. The van der Waals surface area contributed by atoms with Crippen molar-refractivity contribution in [3.05, 3.63) is 12.2 Å². The second-order valence-corrected chi connectivity index (χ2v) is 1.23. The molecule has 1 aromatic heterocycles. The van der Waals surface area contributed by atoms with Gasteiger partial charge in [-0.3, -0.25) is 0 Å². The highest BCUT2D eigenvalue weighted by Gasteiger charge is 1.99. The van der Waals surface area contributed by atoms with Crippen molar-refractivity contribution in [2.75, 3.05) is 5.73 Å². The second kappa shape index (κ2) is 1.88. The largest absolute Gasteiger partial charge is 0.368 e. The number of nitrogens with zero attached hydrogens (tertiary/aromatic N) is 3. The van der Waals surface area contributed by atoms with Gasteiger partial charge in [0.15, 0.2) is 0 Å². The van der Waals surface area contributed by atoms with Crippen LogP contribution < -0.4 is 5.73 Å². The van der Waals surface area contributed by atoms with Crippen LogP contribution in [0.15, 0.2) is 0 Å². The smallest absolute Gasteiger partial charge is 0.315 e. The van der Waals surface area contributed by atoms with Gasteiger partial charge in [-0.2, -0.15) is 23.7 Å². The molecule has 0 atom stereocenters. The first-order valence-electron chi connectivity index (χ1n) is 2.01. The number of rotatable bonds is 0. The van der Waals surface area contributed by atoms with E-state index in [1.54, 1.807) is 0 Å². The first-order chi connectivity index (χ1) is 4.18. The Kier molecular flexibility index (Phi) is 1.21. The predicted octanol–water partition coefficient (Wildman–Crippen LogP) is -0.268. The van der Waals surface area contributed by atoms with Crippen molar-refractivity contribution >= 4 is 5.95 Å². The van der Waals surface area contributed by atoms with Crippen LogP contribution in [0.4, 0.5) is 14.7 Å². The van der Waals surface area contributed by atoms with Gasteiger partial charge in [0, 0.05) is 0 Å².